The number of carbonyl (C=O) groups is 2. The van der Waals surface area contributed by atoms with Crippen LogP contribution in [0.1, 0.15) is 32.8 Å². The maximum Gasteiger partial charge on any atom is 0.240 e. The number of rotatable bonds is 5. The normalized spacial score (nSPS) is 11.3. The summed E-state index contributed by atoms with van der Waals surface area (Å²) in [6.45, 7) is 5.28. The van der Waals surface area contributed by atoms with Gasteiger partial charge in [-0.25, -0.2) is 0 Å². The Labute approximate surface area is 119 Å². The van der Waals surface area contributed by atoms with E-state index in [1.807, 2.05) is 19.9 Å². The standard InChI is InChI=1S/C15H19N3O2/c1-4-11(2)17-15(20)10-18(12(3)19)14-7-5-13(9-16)6-8-14/h5-8,11H,4,10H2,1-3H3,(H,17,20). The van der Waals surface area contributed by atoms with Crippen molar-refractivity contribution in [1.82, 2.24) is 5.32 Å². The molecule has 1 aromatic rings. The first-order chi connectivity index (χ1) is 9.47. The number of hydrogen-bond donors (Lipinski definition) is 1. The first-order valence-corrected chi connectivity index (χ1v) is 6.55. The predicted octanol–water partition coefficient (Wildman–Crippen LogP) is 1.83. The fourth-order valence-corrected chi connectivity index (χ4v) is 1.67. The first-order valence-electron chi connectivity index (χ1n) is 6.55. The van der Waals surface area contributed by atoms with Crippen LogP contribution in [0.2, 0.25) is 0 Å². The van der Waals surface area contributed by atoms with Gasteiger partial charge in [-0.05, 0) is 37.6 Å². The maximum atomic E-state index is 11.9. The van der Waals surface area contributed by atoms with Gasteiger partial charge in [0.15, 0.2) is 0 Å². The molecule has 0 aliphatic heterocycles. The number of anilines is 1. The second-order valence-electron chi connectivity index (χ2n) is 4.64. The van der Waals surface area contributed by atoms with Gasteiger partial charge >= 0.3 is 0 Å². The van der Waals surface area contributed by atoms with Gasteiger partial charge in [-0.2, -0.15) is 5.26 Å². The van der Waals surface area contributed by atoms with Crippen LogP contribution >= 0.6 is 0 Å². The molecule has 1 N–H and O–H groups in total. The lowest BCUT2D eigenvalue weighted by atomic mass is 10.2. The molecule has 20 heavy (non-hydrogen) atoms. The molecule has 0 aromatic heterocycles. The van der Waals surface area contributed by atoms with E-state index in [1.165, 1.54) is 11.8 Å². The van der Waals surface area contributed by atoms with Crippen LogP contribution in [0.5, 0.6) is 0 Å². The third kappa shape index (κ3) is 4.39. The summed E-state index contributed by atoms with van der Waals surface area (Å²) < 4.78 is 0. The molecule has 0 bridgehead atoms. The van der Waals surface area contributed by atoms with Gasteiger partial charge in [0.1, 0.15) is 6.54 Å². The van der Waals surface area contributed by atoms with Crippen LogP contribution in [-0.2, 0) is 9.59 Å². The highest BCUT2D eigenvalue weighted by atomic mass is 16.2. The number of benzene rings is 1. The second-order valence-corrected chi connectivity index (χ2v) is 4.64. The number of carbonyl (C=O) groups excluding carboxylic acids is 2. The molecule has 5 heteroatoms. The zero-order chi connectivity index (χ0) is 15.1. The Balaban J connectivity index is 2.81. The highest BCUT2D eigenvalue weighted by molar-refractivity contribution is 5.97. The van der Waals surface area contributed by atoms with E-state index in [9.17, 15) is 9.59 Å². The van der Waals surface area contributed by atoms with Gasteiger partial charge in [0.05, 0.1) is 11.6 Å². The molecule has 2 amide bonds. The zero-order valence-corrected chi connectivity index (χ0v) is 12.0. The lowest BCUT2D eigenvalue weighted by Gasteiger charge is -2.22. The Kier molecular flexibility index (Phi) is 5.73. The van der Waals surface area contributed by atoms with Crippen LogP contribution in [0.15, 0.2) is 24.3 Å². The van der Waals surface area contributed by atoms with Crippen LogP contribution in [0.3, 0.4) is 0 Å². The minimum atomic E-state index is -0.214. The molecular weight excluding hydrogens is 254 g/mol. The fraction of sp³-hybridized carbons (Fsp3) is 0.400. The average molecular weight is 273 g/mol. The molecule has 0 saturated carbocycles. The molecular formula is C15H19N3O2. The van der Waals surface area contributed by atoms with E-state index >= 15 is 0 Å². The molecule has 1 aromatic carbocycles. The monoisotopic (exact) mass is 273 g/mol. The van der Waals surface area contributed by atoms with Crippen molar-refractivity contribution in [1.29, 1.82) is 5.26 Å². The summed E-state index contributed by atoms with van der Waals surface area (Å²) in [6, 6.07) is 8.67. The molecule has 1 unspecified atom stereocenters. The van der Waals surface area contributed by atoms with Gasteiger partial charge in [0.25, 0.3) is 0 Å². The van der Waals surface area contributed by atoms with E-state index in [-0.39, 0.29) is 24.4 Å². The van der Waals surface area contributed by atoms with Gasteiger partial charge in [0, 0.05) is 18.7 Å². The number of nitriles is 1. The molecule has 5 nitrogen and oxygen atoms in total. The summed E-state index contributed by atoms with van der Waals surface area (Å²) in [4.78, 5) is 24.9. The Hall–Kier alpha value is -2.35. The lowest BCUT2D eigenvalue weighted by Crippen LogP contribution is -2.42. The number of nitrogens with one attached hydrogen (secondary N) is 1. The Morgan fingerprint density at radius 2 is 1.95 bits per heavy atom. The molecule has 106 valence electrons. The van der Waals surface area contributed by atoms with Gasteiger partial charge in [0.2, 0.25) is 11.8 Å². The van der Waals surface area contributed by atoms with Crippen LogP contribution in [0.25, 0.3) is 0 Å². The van der Waals surface area contributed by atoms with Crippen LogP contribution < -0.4 is 10.2 Å². The zero-order valence-electron chi connectivity index (χ0n) is 12.0. The summed E-state index contributed by atoms with van der Waals surface area (Å²) >= 11 is 0. The highest BCUT2D eigenvalue weighted by Gasteiger charge is 2.16. The molecule has 0 saturated heterocycles. The number of amides is 2. The number of nitrogens with zero attached hydrogens (tertiary/aromatic N) is 2. The third-order valence-electron chi connectivity index (χ3n) is 3.01. The van der Waals surface area contributed by atoms with Crippen molar-refractivity contribution in [2.75, 3.05) is 11.4 Å². The third-order valence-corrected chi connectivity index (χ3v) is 3.01. The van der Waals surface area contributed by atoms with Crippen molar-refractivity contribution < 1.29 is 9.59 Å². The lowest BCUT2D eigenvalue weighted by molar-refractivity contribution is -0.123. The summed E-state index contributed by atoms with van der Waals surface area (Å²) in [5.41, 5.74) is 1.12. The van der Waals surface area contributed by atoms with Crippen molar-refractivity contribution in [3.05, 3.63) is 29.8 Å². The van der Waals surface area contributed by atoms with Crippen molar-refractivity contribution in [2.45, 2.75) is 33.2 Å². The second kappa shape index (κ2) is 7.29. The minimum absolute atomic E-state index is 0.0222. The maximum absolute atomic E-state index is 11.9. The van der Waals surface area contributed by atoms with Crippen molar-refractivity contribution in [3.63, 3.8) is 0 Å². The SMILES string of the molecule is CCC(C)NC(=O)CN(C(C)=O)c1ccc(C#N)cc1. The van der Waals surface area contributed by atoms with Crippen molar-refractivity contribution >= 4 is 17.5 Å². The molecule has 0 aliphatic carbocycles. The molecule has 0 spiro atoms. The molecule has 0 heterocycles. The predicted molar refractivity (Wildman–Crippen MR) is 77.1 cm³/mol. The largest absolute Gasteiger partial charge is 0.352 e. The minimum Gasteiger partial charge on any atom is -0.352 e. The smallest absolute Gasteiger partial charge is 0.240 e. The Morgan fingerprint density at radius 1 is 1.35 bits per heavy atom. The van der Waals surface area contributed by atoms with Crippen LogP contribution in [0, 0.1) is 11.3 Å². The van der Waals surface area contributed by atoms with Crippen molar-refractivity contribution in [2.24, 2.45) is 0 Å². The van der Waals surface area contributed by atoms with Crippen LogP contribution in [-0.4, -0.2) is 24.4 Å². The van der Waals surface area contributed by atoms with E-state index < -0.39 is 0 Å². The number of hydrogen-bond acceptors (Lipinski definition) is 3. The topological polar surface area (TPSA) is 73.2 Å². The molecule has 0 radical (unpaired) electrons. The quantitative estimate of drug-likeness (QED) is 0.889. The van der Waals surface area contributed by atoms with E-state index in [2.05, 4.69) is 5.32 Å². The van der Waals surface area contributed by atoms with E-state index in [4.69, 9.17) is 5.26 Å². The Morgan fingerprint density at radius 3 is 2.40 bits per heavy atom. The highest BCUT2D eigenvalue weighted by Crippen LogP contribution is 2.15. The van der Waals surface area contributed by atoms with E-state index in [1.54, 1.807) is 24.3 Å². The van der Waals surface area contributed by atoms with Crippen molar-refractivity contribution in [3.8, 4) is 6.07 Å². The average Bonchev–Trinajstić information content (AvgIpc) is 2.44. The molecule has 0 fully saturated rings. The van der Waals surface area contributed by atoms with Gasteiger partial charge in [-0.1, -0.05) is 6.92 Å². The molecule has 1 rings (SSSR count). The summed E-state index contributed by atoms with van der Waals surface area (Å²) in [6.07, 6.45) is 0.836. The summed E-state index contributed by atoms with van der Waals surface area (Å²) in [7, 11) is 0. The molecule has 1 atom stereocenters. The van der Waals surface area contributed by atoms with Gasteiger partial charge in [-0.3, -0.25) is 9.59 Å². The van der Waals surface area contributed by atoms with E-state index in [0.29, 0.717) is 11.3 Å². The fourth-order valence-electron chi connectivity index (χ4n) is 1.67. The summed E-state index contributed by atoms with van der Waals surface area (Å²) in [5, 5.41) is 11.6. The van der Waals surface area contributed by atoms with Gasteiger partial charge in [-0.15, -0.1) is 0 Å². The van der Waals surface area contributed by atoms with E-state index in [0.717, 1.165) is 6.42 Å². The van der Waals surface area contributed by atoms with Crippen LogP contribution in [0.4, 0.5) is 5.69 Å². The van der Waals surface area contributed by atoms with Gasteiger partial charge < -0.3 is 10.2 Å². The summed E-state index contributed by atoms with van der Waals surface area (Å²) in [5.74, 6) is -0.409. The first kappa shape index (κ1) is 15.7. The molecule has 0 aliphatic rings. The Bertz CT molecular complexity index is 517.